The molecule has 0 radical (unpaired) electrons. The van der Waals surface area contributed by atoms with E-state index < -0.39 is 10.0 Å². The Morgan fingerprint density at radius 2 is 1.74 bits per heavy atom. The minimum Gasteiger partial charge on any atom is -0.328 e. The van der Waals surface area contributed by atoms with E-state index >= 15 is 0 Å². The summed E-state index contributed by atoms with van der Waals surface area (Å²) in [5.74, 6) is 0.563. The molecule has 1 aliphatic heterocycles. The van der Waals surface area contributed by atoms with E-state index in [1.54, 1.807) is 36.4 Å². The summed E-state index contributed by atoms with van der Waals surface area (Å²) in [4.78, 5) is 17.5. The van der Waals surface area contributed by atoms with Crippen molar-refractivity contribution in [3.8, 4) is 11.4 Å². The number of hydrogen-bond acceptors (Lipinski definition) is 4. The summed E-state index contributed by atoms with van der Waals surface area (Å²) >= 11 is 0. The molecule has 0 spiro atoms. The molecule has 1 amide bonds. The SMILES string of the molecule is CN(c1ccccc1)S(=O)(=O)c1cccc(C(=O)Nc2ccc(-c3ncc4n3CCCC4)cc2)c1. The molecule has 178 valence electrons. The van der Waals surface area contributed by atoms with Gasteiger partial charge in [-0.25, -0.2) is 13.4 Å². The van der Waals surface area contributed by atoms with Crippen LogP contribution in [0.3, 0.4) is 0 Å². The number of nitrogens with one attached hydrogen (secondary N) is 1. The number of anilines is 2. The standard InChI is InChI=1S/C27H26N4O3S/c1-30(23-9-3-2-4-10-23)35(33,34)25-12-7-8-21(18-25)27(32)29-22-15-13-20(14-16-22)26-28-19-24-11-5-6-17-31(24)26/h2-4,7-10,12-16,18-19H,5-6,11,17H2,1H3,(H,29,32). The number of carbonyl (C=O) groups excluding carboxylic acids is 1. The molecule has 0 saturated carbocycles. The van der Waals surface area contributed by atoms with E-state index in [0.29, 0.717) is 11.4 Å². The van der Waals surface area contributed by atoms with Crippen LogP contribution in [-0.2, 0) is 23.0 Å². The topological polar surface area (TPSA) is 84.3 Å². The third kappa shape index (κ3) is 4.57. The first kappa shape index (κ1) is 22.9. The van der Waals surface area contributed by atoms with Gasteiger partial charge in [-0.3, -0.25) is 9.10 Å². The van der Waals surface area contributed by atoms with Gasteiger partial charge in [0.05, 0.1) is 10.6 Å². The molecular formula is C27H26N4O3S. The van der Waals surface area contributed by atoms with E-state index in [4.69, 9.17) is 0 Å². The average molecular weight is 487 g/mol. The third-order valence-electron chi connectivity index (χ3n) is 6.28. The van der Waals surface area contributed by atoms with Crippen LogP contribution in [0.25, 0.3) is 11.4 Å². The van der Waals surface area contributed by atoms with Gasteiger partial charge in [0.2, 0.25) is 0 Å². The maximum atomic E-state index is 13.1. The fourth-order valence-corrected chi connectivity index (χ4v) is 5.55. The monoisotopic (exact) mass is 486 g/mol. The van der Waals surface area contributed by atoms with E-state index in [1.807, 2.05) is 36.5 Å². The van der Waals surface area contributed by atoms with Crippen molar-refractivity contribution in [2.75, 3.05) is 16.7 Å². The Balaban J connectivity index is 1.33. The minimum absolute atomic E-state index is 0.0518. The summed E-state index contributed by atoms with van der Waals surface area (Å²) in [6, 6.07) is 22.4. The Morgan fingerprint density at radius 3 is 2.51 bits per heavy atom. The summed E-state index contributed by atoms with van der Waals surface area (Å²) in [5, 5.41) is 2.86. The highest BCUT2D eigenvalue weighted by atomic mass is 32.2. The van der Waals surface area contributed by atoms with Crippen LogP contribution < -0.4 is 9.62 Å². The summed E-state index contributed by atoms with van der Waals surface area (Å²) in [7, 11) is -2.32. The molecule has 0 bridgehead atoms. The lowest BCUT2D eigenvalue weighted by Gasteiger charge is -2.19. The van der Waals surface area contributed by atoms with Crippen LogP contribution in [-0.4, -0.2) is 30.9 Å². The van der Waals surface area contributed by atoms with Crippen LogP contribution in [0.15, 0.2) is 90.0 Å². The van der Waals surface area contributed by atoms with Crippen molar-refractivity contribution in [3.63, 3.8) is 0 Å². The number of rotatable bonds is 6. The number of amides is 1. The second kappa shape index (κ2) is 9.38. The number of benzene rings is 3. The number of aryl methyl sites for hydroxylation is 1. The molecule has 1 aromatic heterocycles. The highest BCUT2D eigenvalue weighted by Gasteiger charge is 2.22. The van der Waals surface area contributed by atoms with Crippen molar-refractivity contribution in [3.05, 3.63) is 96.3 Å². The molecule has 4 aromatic rings. The zero-order valence-corrected chi connectivity index (χ0v) is 20.2. The van der Waals surface area contributed by atoms with Gasteiger partial charge >= 0.3 is 0 Å². The Morgan fingerprint density at radius 1 is 0.971 bits per heavy atom. The van der Waals surface area contributed by atoms with Gasteiger partial charge in [-0.1, -0.05) is 24.3 Å². The van der Waals surface area contributed by atoms with Gasteiger partial charge in [-0.15, -0.1) is 0 Å². The van der Waals surface area contributed by atoms with Crippen LogP contribution in [0.2, 0.25) is 0 Å². The van der Waals surface area contributed by atoms with E-state index in [9.17, 15) is 13.2 Å². The summed E-state index contributed by atoms with van der Waals surface area (Å²) in [6.45, 7) is 0.974. The maximum Gasteiger partial charge on any atom is 0.264 e. The first-order chi connectivity index (χ1) is 16.9. The molecule has 2 heterocycles. The van der Waals surface area contributed by atoms with E-state index in [-0.39, 0.29) is 16.4 Å². The van der Waals surface area contributed by atoms with Crippen molar-refractivity contribution in [2.24, 2.45) is 0 Å². The second-order valence-corrected chi connectivity index (χ2v) is 10.5. The first-order valence-corrected chi connectivity index (χ1v) is 13.0. The normalized spacial score (nSPS) is 13.2. The van der Waals surface area contributed by atoms with E-state index in [0.717, 1.165) is 30.8 Å². The average Bonchev–Trinajstić information content (AvgIpc) is 3.33. The summed E-state index contributed by atoms with van der Waals surface area (Å²) < 4.78 is 29.7. The van der Waals surface area contributed by atoms with Gasteiger partial charge in [-0.05, 0) is 73.9 Å². The fourth-order valence-electron chi connectivity index (χ4n) is 4.30. The highest BCUT2D eigenvalue weighted by Crippen LogP contribution is 2.26. The Bertz CT molecular complexity index is 1460. The Hall–Kier alpha value is -3.91. The van der Waals surface area contributed by atoms with Crippen molar-refractivity contribution < 1.29 is 13.2 Å². The van der Waals surface area contributed by atoms with E-state index in [1.165, 1.54) is 35.6 Å². The highest BCUT2D eigenvalue weighted by molar-refractivity contribution is 7.92. The predicted molar refractivity (Wildman–Crippen MR) is 137 cm³/mol. The molecule has 8 heteroatoms. The van der Waals surface area contributed by atoms with Crippen molar-refractivity contribution >= 4 is 27.3 Å². The zero-order valence-electron chi connectivity index (χ0n) is 19.4. The van der Waals surface area contributed by atoms with Crippen molar-refractivity contribution in [2.45, 2.75) is 30.7 Å². The molecule has 1 aliphatic rings. The molecule has 0 unspecified atom stereocenters. The lowest BCUT2D eigenvalue weighted by atomic mass is 10.1. The van der Waals surface area contributed by atoms with Gasteiger partial charge in [-0.2, -0.15) is 0 Å². The number of fused-ring (bicyclic) bond motifs is 1. The Kier molecular flexibility index (Phi) is 6.13. The van der Waals surface area contributed by atoms with Crippen LogP contribution in [0.1, 0.15) is 28.9 Å². The predicted octanol–water partition coefficient (Wildman–Crippen LogP) is 4.96. The smallest absolute Gasteiger partial charge is 0.264 e. The number of carbonyl (C=O) groups is 1. The van der Waals surface area contributed by atoms with Crippen LogP contribution in [0, 0.1) is 0 Å². The van der Waals surface area contributed by atoms with Crippen LogP contribution in [0.4, 0.5) is 11.4 Å². The minimum atomic E-state index is -3.82. The number of aromatic nitrogens is 2. The van der Waals surface area contributed by atoms with Crippen molar-refractivity contribution in [1.29, 1.82) is 0 Å². The molecule has 1 N–H and O–H groups in total. The first-order valence-electron chi connectivity index (χ1n) is 11.5. The molecule has 3 aromatic carbocycles. The fraction of sp³-hybridized carbons (Fsp3) is 0.185. The molecule has 0 saturated heterocycles. The summed E-state index contributed by atoms with van der Waals surface area (Å²) in [6.07, 6.45) is 5.35. The number of sulfonamides is 1. The van der Waals surface area contributed by atoms with Crippen molar-refractivity contribution in [1.82, 2.24) is 9.55 Å². The molecule has 0 atom stereocenters. The molecule has 0 aliphatic carbocycles. The van der Waals surface area contributed by atoms with Gasteiger partial charge in [0.15, 0.2) is 0 Å². The number of nitrogens with zero attached hydrogens (tertiary/aromatic N) is 3. The quantitative estimate of drug-likeness (QED) is 0.417. The number of para-hydroxylation sites is 1. The number of imidazole rings is 1. The van der Waals surface area contributed by atoms with E-state index in [2.05, 4.69) is 14.9 Å². The maximum absolute atomic E-state index is 13.1. The van der Waals surface area contributed by atoms with Gasteiger partial charge < -0.3 is 9.88 Å². The number of hydrogen-bond donors (Lipinski definition) is 1. The van der Waals surface area contributed by atoms with Gasteiger partial charge in [0, 0.05) is 42.3 Å². The van der Waals surface area contributed by atoms with Gasteiger partial charge in [0.1, 0.15) is 5.82 Å². The zero-order chi connectivity index (χ0) is 24.4. The molecule has 0 fully saturated rings. The molecule has 7 nitrogen and oxygen atoms in total. The largest absolute Gasteiger partial charge is 0.328 e. The molecule has 35 heavy (non-hydrogen) atoms. The molecule has 5 rings (SSSR count). The lowest BCUT2D eigenvalue weighted by Crippen LogP contribution is -2.26. The van der Waals surface area contributed by atoms with Crippen LogP contribution >= 0.6 is 0 Å². The Labute approximate surface area is 205 Å². The molecular weight excluding hydrogens is 460 g/mol. The third-order valence-corrected chi connectivity index (χ3v) is 8.06. The summed E-state index contributed by atoms with van der Waals surface area (Å²) in [5.41, 5.74) is 3.68. The van der Waals surface area contributed by atoms with Crippen LogP contribution in [0.5, 0.6) is 0 Å². The lowest BCUT2D eigenvalue weighted by molar-refractivity contribution is 0.102. The second-order valence-electron chi connectivity index (χ2n) is 8.55. The van der Waals surface area contributed by atoms with Gasteiger partial charge in [0.25, 0.3) is 15.9 Å².